The fourth-order valence-corrected chi connectivity index (χ4v) is 5.04. The second-order valence-electron chi connectivity index (χ2n) is 9.37. The van der Waals surface area contributed by atoms with Gasteiger partial charge in [0, 0.05) is 34.8 Å². The lowest BCUT2D eigenvalue weighted by Gasteiger charge is -2.12. The zero-order chi connectivity index (χ0) is 28.7. The summed E-state index contributed by atoms with van der Waals surface area (Å²) in [5.41, 5.74) is 1.68. The highest BCUT2D eigenvalue weighted by atomic mass is 35.5. The molecule has 10 heteroatoms. The molecule has 0 aliphatic heterocycles. The average molecular weight is 591 g/mol. The summed E-state index contributed by atoms with van der Waals surface area (Å²) in [4.78, 5) is 18.1. The van der Waals surface area contributed by atoms with Gasteiger partial charge in [-0.3, -0.25) is 4.79 Å². The molecule has 4 aromatic carbocycles. The number of halogens is 5. The first-order chi connectivity index (χ1) is 19.7. The van der Waals surface area contributed by atoms with Gasteiger partial charge in [0.1, 0.15) is 0 Å². The maximum absolute atomic E-state index is 13.6. The summed E-state index contributed by atoms with van der Waals surface area (Å²) >= 11 is 12.3. The first kappa shape index (κ1) is 26.8. The summed E-state index contributed by atoms with van der Waals surface area (Å²) in [6, 6.07) is 24.5. The molecule has 204 valence electrons. The van der Waals surface area contributed by atoms with E-state index in [1.54, 1.807) is 36.4 Å². The van der Waals surface area contributed by atoms with Gasteiger partial charge in [0.2, 0.25) is 0 Å². The quantitative estimate of drug-likeness (QED) is 0.190. The molecule has 0 aliphatic carbocycles. The second kappa shape index (κ2) is 10.5. The molecule has 2 heterocycles. The number of aromatic nitrogens is 3. The van der Waals surface area contributed by atoms with Gasteiger partial charge < -0.3 is 4.57 Å². The summed E-state index contributed by atoms with van der Waals surface area (Å²) in [5.74, 6) is -0.00408. The molecular weight excluding hydrogens is 572 g/mol. The van der Waals surface area contributed by atoms with Crippen molar-refractivity contribution in [3.63, 3.8) is 0 Å². The summed E-state index contributed by atoms with van der Waals surface area (Å²) in [6.45, 7) is 0.498. The second-order valence-corrected chi connectivity index (χ2v) is 10.2. The van der Waals surface area contributed by atoms with Crippen LogP contribution in [0.4, 0.5) is 13.2 Å². The van der Waals surface area contributed by atoms with Crippen LogP contribution in [0, 0.1) is 0 Å². The highest BCUT2D eigenvalue weighted by Gasteiger charge is 2.31. The van der Waals surface area contributed by atoms with Gasteiger partial charge in [-0.15, -0.1) is 0 Å². The lowest BCUT2D eigenvalue weighted by molar-refractivity contribution is -0.137. The zero-order valence-corrected chi connectivity index (χ0v) is 22.6. The van der Waals surface area contributed by atoms with E-state index in [9.17, 15) is 18.0 Å². The Morgan fingerprint density at radius 3 is 2.39 bits per heavy atom. The van der Waals surface area contributed by atoms with E-state index in [2.05, 4.69) is 10.1 Å². The van der Waals surface area contributed by atoms with Crippen LogP contribution in [0.25, 0.3) is 33.2 Å². The summed E-state index contributed by atoms with van der Waals surface area (Å²) in [7, 11) is 0. The smallest absolute Gasteiger partial charge is 0.342 e. The monoisotopic (exact) mass is 590 g/mol. The molecular formula is C31H19Cl2F3N4O. The zero-order valence-electron chi connectivity index (χ0n) is 21.1. The van der Waals surface area contributed by atoms with Crippen LogP contribution in [0.3, 0.4) is 0 Å². The van der Waals surface area contributed by atoms with E-state index in [0.29, 0.717) is 33.1 Å². The maximum atomic E-state index is 13.6. The van der Waals surface area contributed by atoms with Gasteiger partial charge in [-0.25, -0.2) is 4.98 Å². The Morgan fingerprint density at radius 1 is 0.854 bits per heavy atom. The van der Waals surface area contributed by atoms with Gasteiger partial charge >= 0.3 is 6.18 Å². The fourth-order valence-electron chi connectivity index (χ4n) is 4.72. The van der Waals surface area contributed by atoms with Crippen LogP contribution in [0.2, 0.25) is 10.0 Å². The molecule has 5 nitrogen and oxygen atoms in total. The largest absolute Gasteiger partial charge is 0.416 e. The molecule has 0 radical (unpaired) electrons. The standard InChI is InChI=1S/C31H19Cl2F3N4O/c32-25-13-12-19(14-26(25)33)17-39-18-21(23-8-2-4-11-28(23)39)16-37-40-29(20-6-5-7-22(15-20)31(34,35)36)38-27-10-3-1-9-24(27)30(40)41/h1-16,18H,17H2. The van der Waals surface area contributed by atoms with Crippen molar-refractivity contribution in [2.24, 2.45) is 5.10 Å². The van der Waals surface area contributed by atoms with Crippen molar-refractivity contribution in [1.82, 2.24) is 14.2 Å². The molecule has 0 aliphatic rings. The van der Waals surface area contributed by atoms with Crippen molar-refractivity contribution in [1.29, 1.82) is 0 Å². The minimum Gasteiger partial charge on any atom is -0.342 e. The molecule has 0 atom stereocenters. The van der Waals surface area contributed by atoms with Crippen LogP contribution >= 0.6 is 23.2 Å². The van der Waals surface area contributed by atoms with Crippen molar-refractivity contribution in [2.75, 3.05) is 0 Å². The normalized spacial score (nSPS) is 12.1. The highest BCUT2D eigenvalue weighted by Crippen LogP contribution is 2.32. The average Bonchev–Trinajstić information content (AvgIpc) is 3.31. The van der Waals surface area contributed by atoms with Crippen molar-refractivity contribution in [3.8, 4) is 11.4 Å². The predicted molar refractivity (Wildman–Crippen MR) is 157 cm³/mol. The highest BCUT2D eigenvalue weighted by molar-refractivity contribution is 6.42. The first-order valence-electron chi connectivity index (χ1n) is 12.4. The van der Waals surface area contributed by atoms with Gasteiger partial charge in [0.05, 0.1) is 32.7 Å². The number of nitrogens with zero attached hydrogens (tertiary/aromatic N) is 4. The molecule has 2 aromatic heterocycles. The number of alkyl halides is 3. The molecule has 0 unspecified atom stereocenters. The number of para-hydroxylation sites is 2. The lowest BCUT2D eigenvalue weighted by atomic mass is 10.1. The van der Waals surface area contributed by atoms with Crippen molar-refractivity contribution >= 4 is 51.2 Å². The molecule has 0 spiro atoms. The van der Waals surface area contributed by atoms with Crippen LogP contribution in [-0.4, -0.2) is 20.4 Å². The van der Waals surface area contributed by atoms with Crippen molar-refractivity contribution in [3.05, 3.63) is 134 Å². The van der Waals surface area contributed by atoms with E-state index in [4.69, 9.17) is 23.2 Å². The van der Waals surface area contributed by atoms with E-state index in [1.165, 1.54) is 18.3 Å². The van der Waals surface area contributed by atoms with Gasteiger partial charge in [0.25, 0.3) is 5.56 Å². The third-order valence-electron chi connectivity index (χ3n) is 6.67. The maximum Gasteiger partial charge on any atom is 0.416 e. The molecule has 0 bridgehead atoms. The SMILES string of the molecule is O=c1c2ccccc2nc(-c2cccc(C(F)(F)F)c2)n1N=Cc1cn(Cc2ccc(Cl)c(Cl)c2)c2ccccc12. The lowest BCUT2D eigenvalue weighted by Crippen LogP contribution is -2.20. The Balaban J connectivity index is 1.49. The van der Waals surface area contributed by atoms with Gasteiger partial charge in [0.15, 0.2) is 5.82 Å². The van der Waals surface area contributed by atoms with Gasteiger partial charge in [-0.2, -0.15) is 22.9 Å². The molecule has 0 saturated heterocycles. The topological polar surface area (TPSA) is 52.2 Å². The predicted octanol–water partition coefficient (Wildman–Crippen LogP) is 8.27. The molecule has 0 N–H and O–H groups in total. The molecule has 6 aromatic rings. The number of hydrogen-bond donors (Lipinski definition) is 0. The van der Waals surface area contributed by atoms with Crippen LogP contribution in [-0.2, 0) is 12.7 Å². The van der Waals surface area contributed by atoms with Crippen LogP contribution in [0.1, 0.15) is 16.7 Å². The molecule has 0 saturated carbocycles. The number of rotatable bonds is 5. The Morgan fingerprint density at radius 2 is 1.61 bits per heavy atom. The number of benzene rings is 4. The van der Waals surface area contributed by atoms with E-state index >= 15 is 0 Å². The van der Waals surface area contributed by atoms with Crippen LogP contribution < -0.4 is 5.56 Å². The minimum absolute atomic E-state index is 0.00408. The van der Waals surface area contributed by atoms with Gasteiger partial charge in [-0.1, -0.05) is 71.7 Å². The minimum atomic E-state index is -4.56. The third kappa shape index (κ3) is 5.24. The van der Waals surface area contributed by atoms with Crippen LogP contribution in [0.15, 0.2) is 107 Å². The number of fused-ring (bicyclic) bond motifs is 2. The van der Waals surface area contributed by atoms with Crippen molar-refractivity contribution in [2.45, 2.75) is 12.7 Å². The summed E-state index contributed by atoms with van der Waals surface area (Å²) in [6.07, 6.45) is -1.15. The summed E-state index contributed by atoms with van der Waals surface area (Å²) in [5, 5.41) is 6.56. The summed E-state index contributed by atoms with van der Waals surface area (Å²) < 4.78 is 43.6. The molecule has 0 fully saturated rings. The molecule has 41 heavy (non-hydrogen) atoms. The Kier molecular flexibility index (Phi) is 6.89. The van der Waals surface area contributed by atoms with Crippen molar-refractivity contribution < 1.29 is 13.2 Å². The van der Waals surface area contributed by atoms with E-state index in [0.717, 1.165) is 33.3 Å². The van der Waals surface area contributed by atoms with Crippen LogP contribution in [0.5, 0.6) is 0 Å². The van der Waals surface area contributed by atoms with E-state index in [-0.39, 0.29) is 11.4 Å². The van der Waals surface area contributed by atoms with E-state index < -0.39 is 17.3 Å². The van der Waals surface area contributed by atoms with Gasteiger partial charge in [-0.05, 0) is 48.0 Å². The molecule has 0 amide bonds. The number of hydrogen-bond acceptors (Lipinski definition) is 3. The fraction of sp³-hybridized carbons (Fsp3) is 0.0645. The Labute approximate surface area is 241 Å². The Bertz CT molecular complexity index is 2030. The van der Waals surface area contributed by atoms with E-state index in [1.807, 2.05) is 41.1 Å². The first-order valence-corrected chi connectivity index (χ1v) is 13.2. The Hall–Kier alpha value is -4.40. The third-order valence-corrected chi connectivity index (χ3v) is 7.41. The molecule has 6 rings (SSSR count).